The second-order valence-electron chi connectivity index (χ2n) is 3.63. The molecule has 0 unspecified atom stereocenters. The molecule has 0 saturated heterocycles. The predicted octanol–water partition coefficient (Wildman–Crippen LogP) is 1.30. The smallest absolute Gasteiger partial charge is 0.198 e. The third kappa shape index (κ3) is 3.02. The van der Waals surface area contributed by atoms with Crippen molar-refractivity contribution in [3.8, 4) is 0 Å². The number of hydrogen-bond donors (Lipinski definition) is 0. The maximum absolute atomic E-state index is 12.0. The fraction of sp³-hybridized carbons (Fsp3) is 0.250. The van der Waals surface area contributed by atoms with E-state index in [1.165, 1.54) is 25.5 Å². The average molecular weight is 218 g/mol. The molecule has 1 aromatic rings. The first-order valence-electron chi connectivity index (χ1n) is 4.86. The molecule has 16 heavy (non-hydrogen) atoms. The first-order chi connectivity index (χ1) is 7.52. The fourth-order valence-corrected chi connectivity index (χ4v) is 1.23. The lowest BCUT2D eigenvalue weighted by Gasteiger charge is -2.08. The van der Waals surface area contributed by atoms with Crippen LogP contribution in [0.4, 0.5) is 0 Å². The van der Waals surface area contributed by atoms with Gasteiger partial charge in [0, 0.05) is 38.3 Å². The van der Waals surface area contributed by atoms with Crippen molar-refractivity contribution in [1.29, 1.82) is 0 Å². The molecule has 0 spiro atoms. The number of hydrogen-bond acceptors (Lipinski definition) is 4. The summed E-state index contributed by atoms with van der Waals surface area (Å²) in [4.78, 5) is 28.8. The number of aromatic nitrogens is 1. The minimum Gasteiger partial charge on any atom is -0.383 e. The van der Waals surface area contributed by atoms with Gasteiger partial charge in [-0.05, 0) is 19.1 Å². The molecule has 0 bridgehead atoms. The molecule has 1 aromatic heterocycles. The van der Waals surface area contributed by atoms with E-state index in [-0.39, 0.29) is 17.1 Å². The predicted molar refractivity (Wildman–Crippen MR) is 61.0 cm³/mol. The second-order valence-corrected chi connectivity index (χ2v) is 3.63. The third-order valence-electron chi connectivity index (χ3n) is 1.95. The Balaban J connectivity index is 3.07. The highest BCUT2D eigenvalue weighted by atomic mass is 16.1. The summed E-state index contributed by atoms with van der Waals surface area (Å²) in [5.74, 6) is -0.515. The number of nitrogens with zero attached hydrogens (tertiary/aromatic N) is 2. The van der Waals surface area contributed by atoms with E-state index in [9.17, 15) is 9.59 Å². The molecule has 0 saturated carbocycles. The summed E-state index contributed by atoms with van der Waals surface area (Å²) in [6.45, 7) is 1.38. The van der Waals surface area contributed by atoms with Gasteiger partial charge in [-0.3, -0.25) is 14.6 Å². The molecule has 4 heteroatoms. The van der Waals surface area contributed by atoms with Crippen LogP contribution in [-0.2, 0) is 4.79 Å². The number of rotatable bonds is 4. The molecule has 0 radical (unpaired) electrons. The molecule has 0 atom stereocenters. The van der Waals surface area contributed by atoms with Gasteiger partial charge >= 0.3 is 0 Å². The van der Waals surface area contributed by atoms with Crippen LogP contribution in [0.25, 0.3) is 0 Å². The maximum atomic E-state index is 12.0. The van der Waals surface area contributed by atoms with Crippen LogP contribution in [0.5, 0.6) is 0 Å². The lowest BCUT2D eigenvalue weighted by molar-refractivity contribution is -0.113. The van der Waals surface area contributed by atoms with Crippen LogP contribution in [0.15, 0.2) is 36.3 Å². The van der Waals surface area contributed by atoms with Crippen LogP contribution < -0.4 is 0 Å². The Bertz CT molecular complexity index is 422. The standard InChI is InChI=1S/C12H14N2O2/c1-9(15)11(8-14(2)3)12(16)10-4-6-13-7-5-10/h4-8H,1-3H3. The zero-order valence-corrected chi connectivity index (χ0v) is 9.60. The molecule has 0 aromatic carbocycles. The Morgan fingerprint density at radius 2 is 1.81 bits per heavy atom. The van der Waals surface area contributed by atoms with Crippen molar-refractivity contribution in [1.82, 2.24) is 9.88 Å². The number of ketones is 2. The first kappa shape index (κ1) is 12.1. The molecule has 1 heterocycles. The van der Waals surface area contributed by atoms with Crippen molar-refractivity contribution in [2.24, 2.45) is 0 Å². The van der Waals surface area contributed by atoms with Gasteiger partial charge in [0.1, 0.15) is 0 Å². The Morgan fingerprint density at radius 3 is 2.25 bits per heavy atom. The highest BCUT2D eigenvalue weighted by molar-refractivity contribution is 6.25. The minimum atomic E-state index is -0.274. The molecular weight excluding hydrogens is 204 g/mol. The van der Waals surface area contributed by atoms with Crippen molar-refractivity contribution in [3.63, 3.8) is 0 Å². The maximum Gasteiger partial charge on any atom is 0.198 e. The highest BCUT2D eigenvalue weighted by Crippen LogP contribution is 2.08. The molecule has 0 fully saturated rings. The summed E-state index contributed by atoms with van der Waals surface area (Å²) >= 11 is 0. The van der Waals surface area contributed by atoms with Gasteiger partial charge in [0.2, 0.25) is 0 Å². The zero-order chi connectivity index (χ0) is 12.1. The number of pyridine rings is 1. The summed E-state index contributed by atoms with van der Waals surface area (Å²) in [6.07, 6.45) is 4.59. The topological polar surface area (TPSA) is 50.3 Å². The van der Waals surface area contributed by atoms with Gasteiger partial charge in [0.05, 0.1) is 5.57 Å². The van der Waals surface area contributed by atoms with Crippen molar-refractivity contribution >= 4 is 11.6 Å². The number of Topliss-reactive ketones (excluding diaryl/α,β-unsaturated/α-hetero) is 2. The van der Waals surface area contributed by atoms with E-state index in [1.54, 1.807) is 31.1 Å². The Kier molecular flexibility index (Phi) is 3.94. The van der Waals surface area contributed by atoms with Crippen molar-refractivity contribution < 1.29 is 9.59 Å². The van der Waals surface area contributed by atoms with Gasteiger partial charge in [0.25, 0.3) is 0 Å². The van der Waals surface area contributed by atoms with Crippen LogP contribution in [0.3, 0.4) is 0 Å². The Morgan fingerprint density at radius 1 is 1.25 bits per heavy atom. The Hall–Kier alpha value is -1.97. The SMILES string of the molecule is CC(=O)C(=CN(C)C)C(=O)c1ccncc1. The second kappa shape index (κ2) is 5.21. The van der Waals surface area contributed by atoms with Crippen LogP contribution in [-0.4, -0.2) is 35.5 Å². The van der Waals surface area contributed by atoms with Gasteiger partial charge in [-0.25, -0.2) is 0 Å². The molecular formula is C12H14N2O2. The molecule has 0 aliphatic carbocycles. The molecule has 1 rings (SSSR count). The van der Waals surface area contributed by atoms with E-state index >= 15 is 0 Å². The minimum absolute atomic E-state index is 0.177. The average Bonchev–Trinajstić information content (AvgIpc) is 2.25. The largest absolute Gasteiger partial charge is 0.383 e. The van der Waals surface area contributed by atoms with Gasteiger partial charge in [-0.1, -0.05) is 0 Å². The Labute approximate surface area is 94.6 Å². The molecule has 0 amide bonds. The van der Waals surface area contributed by atoms with Crippen molar-refractivity contribution in [2.75, 3.05) is 14.1 Å². The lowest BCUT2D eigenvalue weighted by atomic mass is 10.0. The lowest BCUT2D eigenvalue weighted by Crippen LogP contribution is -2.15. The number of carbonyl (C=O) groups excluding carboxylic acids is 2. The van der Waals surface area contributed by atoms with Crippen LogP contribution >= 0.6 is 0 Å². The number of carbonyl (C=O) groups is 2. The van der Waals surface area contributed by atoms with E-state index < -0.39 is 0 Å². The summed E-state index contributed by atoms with van der Waals surface area (Å²) in [5.41, 5.74) is 0.648. The number of allylic oxidation sites excluding steroid dienone is 1. The van der Waals surface area contributed by atoms with E-state index in [0.717, 1.165) is 0 Å². The monoisotopic (exact) mass is 218 g/mol. The van der Waals surface area contributed by atoms with E-state index in [2.05, 4.69) is 4.98 Å². The summed E-state index contributed by atoms with van der Waals surface area (Å²) in [7, 11) is 3.53. The highest BCUT2D eigenvalue weighted by Gasteiger charge is 2.16. The molecule has 0 N–H and O–H groups in total. The molecule has 4 nitrogen and oxygen atoms in total. The van der Waals surface area contributed by atoms with Crippen LogP contribution in [0.1, 0.15) is 17.3 Å². The fourth-order valence-electron chi connectivity index (χ4n) is 1.23. The van der Waals surface area contributed by atoms with Crippen LogP contribution in [0, 0.1) is 0 Å². The van der Waals surface area contributed by atoms with Crippen molar-refractivity contribution in [3.05, 3.63) is 41.9 Å². The van der Waals surface area contributed by atoms with Gasteiger partial charge in [0.15, 0.2) is 11.6 Å². The quantitative estimate of drug-likeness (QED) is 0.331. The normalized spacial score (nSPS) is 11.1. The first-order valence-corrected chi connectivity index (χ1v) is 4.86. The zero-order valence-electron chi connectivity index (χ0n) is 9.60. The van der Waals surface area contributed by atoms with E-state index in [1.807, 2.05) is 0 Å². The van der Waals surface area contributed by atoms with E-state index in [0.29, 0.717) is 5.56 Å². The van der Waals surface area contributed by atoms with Crippen LogP contribution in [0.2, 0.25) is 0 Å². The summed E-state index contributed by atoms with van der Waals surface area (Å²) in [5, 5.41) is 0. The molecule has 84 valence electrons. The summed E-state index contributed by atoms with van der Waals surface area (Å²) in [6, 6.07) is 3.18. The van der Waals surface area contributed by atoms with Gasteiger partial charge in [-0.15, -0.1) is 0 Å². The van der Waals surface area contributed by atoms with Gasteiger partial charge < -0.3 is 4.90 Å². The van der Waals surface area contributed by atoms with Crippen molar-refractivity contribution in [2.45, 2.75) is 6.92 Å². The van der Waals surface area contributed by atoms with Gasteiger partial charge in [-0.2, -0.15) is 0 Å². The van der Waals surface area contributed by atoms with E-state index in [4.69, 9.17) is 0 Å². The molecule has 0 aliphatic heterocycles. The third-order valence-corrected chi connectivity index (χ3v) is 1.95. The molecule has 0 aliphatic rings. The summed E-state index contributed by atoms with van der Waals surface area (Å²) < 4.78 is 0.